The average Bonchev–Trinajstić information content (AvgIpc) is 2.29. The zero-order valence-electron chi connectivity index (χ0n) is 10.0. The summed E-state index contributed by atoms with van der Waals surface area (Å²) in [6.45, 7) is 3.54. The number of hydrogen-bond acceptors (Lipinski definition) is 2. The Morgan fingerprint density at radius 1 is 1.47 bits per heavy atom. The molecule has 0 aliphatic carbocycles. The third kappa shape index (κ3) is 3.51. The van der Waals surface area contributed by atoms with Gasteiger partial charge in [-0.05, 0) is 32.0 Å². The fraction of sp³-hybridized carbons (Fsp3) is 0.417. The highest BCUT2D eigenvalue weighted by atomic mass is 35.5. The van der Waals surface area contributed by atoms with Crippen LogP contribution in [0.3, 0.4) is 0 Å². The lowest BCUT2D eigenvalue weighted by atomic mass is 9.95. The molecule has 0 heterocycles. The van der Waals surface area contributed by atoms with Crippen molar-refractivity contribution in [2.75, 3.05) is 18.3 Å². The van der Waals surface area contributed by atoms with Crippen LogP contribution in [0.15, 0.2) is 18.2 Å². The van der Waals surface area contributed by atoms with E-state index in [0.717, 1.165) is 0 Å². The number of nitrogens with one attached hydrogen (secondary N) is 1. The molecule has 1 aromatic carbocycles. The van der Waals surface area contributed by atoms with Crippen molar-refractivity contribution in [3.05, 3.63) is 23.2 Å². The molecule has 0 bridgehead atoms. The van der Waals surface area contributed by atoms with E-state index in [2.05, 4.69) is 5.32 Å². The quantitative estimate of drug-likeness (QED) is 0.854. The van der Waals surface area contributed by atoms with Crippen LogP contribution in [-0.2, 0) is 4.79 Å². The van der Waals surface area contributed by atoms with E-state index in [1.165, 1.54) is 7.11 Å². The van der Waals surface area contributed by atoms with Gasteiger partial charge in [-0.25, -0.2) is 0 Å². The number of benzene rings is 1. The third-order valence-corrected chi connectivity index (χ3v) is 3.26. The first-order valence-corrected chi connectivity index (χ1v) is 6.03. The summed E-state index contributed by atoms with van der Waals surface area (Å²) in [4.78, 5) is 12.0. The Balaban J connectivity index is 2.95. The largest absolute Gasteiger partial charge is 0.495 e. The molecule has 0 aliphatic heterocycles. The number of hydrogen-bond donors (Lipinski definition) is 1. The Bertz CT molecular complexity index is 419. The Morgan fingerprint density at radius 2 is 2.12 bits per heavy atom. The molecule has 0 aliphatic rings. The van der Waals surface area contributed by atoms with Gasteiger partial charge in [0.2, 0.25) is 5.91 Å². The monoisotopic (exact) mass is 275 g/mol. The number of anilines is 1. The molecule has 1 rings (SSSR count). The Labute approximate surface area is 111 Å². The fourth-order valence-electron chi connectivity index (χ4n) is 1.13. The third-order valence-electron chi connectivity index (χ3n) is 2.36. The molecular formula is C12H15Cl2NO2. The molecule has 3 nitrogen and oxygen atoms in total. The zero-order chi connectivity index (χ0) is 13.1. The summed E-state index contributed by atoms with van der Waals surface area (Å²) in [7, 11) is 1.53. The van der Waals surface area contributed by atoms with Crippen LogP contribution in [0.25, 0.3) is 0 Å². The molecule has 0 spiro atoms. The number of ether oxygens (including phenoxy) is 1. The van der Waals surface area contributed by atoms with Crippen molar-refractivity contribution in [1.29, 1.82) is 0 Å². The first kappa shape index (κ1) is 14.1. The van der Waals surface area contributed by atoms with Gasteiger partial charge in [0.25, 0.3) is 0 Å². The smallest absolute Gasteiger partial charge is 0.231 e. The van der Waals surface area contributed by atoms with Crippen molar-refractivity contribution in [3.63, 3.8) is 0 Å². The predicted molar refractivity (Wildman–Crippen MR) is 71.1 cm³/mol. The summed E-state index contributed by atoms with van der Waals surface area (Å²) >= 11 is 11.6. The fourth-order valence-corrected chi connectivity index (χ4v) is 1.42. The lowest BCUT2D eigenvalue weighted by Crippen LogP contribution is -2.32. The van der Waals surface area contributed by atoms with Gasteiger partial charge in [-0.2, -0.15) is 0 Å². The number of halogens is 2. The molecule has 0 radical (unpaired) electrons. The number of rotatable bonds is 4. The Hall–Kier alpha value is -0.930. The molecule has 0 aromatic heterocycles. The summed E-state index contributed by atoms with van der Waals surface area (Å²) in [6, 6.07) is 5.04. The van der Waals surface area contributed by atoms with E-state index in [-0.39, 0.29) is 11.8 Å². The Kier molecular flexibility index (Phi) is 4.66. The lowest BCUT2D eigenvalue weighted by molar-refractivity contribution is -0.122. The zero-order valence-corrected chi connectivity index (χ0v) is 11.5. The summed E-state index contributed by atoms with van der Waals surface area (Å²) in [5.74, 6) is 0.628. The number of alkyl halides is 1. The first-order valence-electron chi connectivity index (χ1n) is 5.11. The van der Waals surface area contributed by atoms with Gasteiger partial charge >= 0.3 is 0 Å². The van der Waals surface area contributed by atoms with Crippen LogP contribution in [0.2, 0.25) is 5.02 Å². The number of carbonyl (C=O) groups excluding carboxylic acids is 1. The maximum absolute atomic E-state index is 12.0. The molecule has 1 amide bonds. The molecule has 0 saturated heterocycles. The van der Waals surface area contributed by atoms with E-state index in [0.29, 0.717) is 16.5 Å². The van der Waals surface area contributed by atoms with Crippen LogP contribution in [-0.4, -0.2) is 18.9 Å². The molecule has 0 unspecified atom stereocenters. The predicted octanol–water partition coefficient (Wildman–Crippen LogP) is 3.55. The molecular weight excluding hydrogens is 261 g/mol. The number of amides is 1. The summed E-state index contributed by atoms with van der Waals surface area (Å²) in [5, 5.41) is 3.29. The topological polar surface area (TPSA) is 38.3 Å². The van der Waals surface area contributed by atoms with Gasteiger partial charge in [0.05, 0.1) is 18.2 Å². The van der Waals surface area contributed by atoms with Gasteiger partial charge in [-0.15, -0.1) is 11.6 Å². The van der Waals surface area contributed by atoms with Crippen LogP contribution >= 0.6 is 23.2 Å². The van der Waals surface area contributed by atoms with Crippen LogP contribution in [0.4, 0.5) is 5.69 Å². The minimum absolute atomic E-state index is 0.173. The first-order chi connectivity index (χ1) is 7.90. The Morgan fingerprint density at radius 3 is 2.65 bits per heavy atom. The number of methoxy groups -OCH3 is 1. The molecule has 1 N–H and O–H groups in total. The van der Waals surface area contributed by atoms with Crippen LogP contribution in [0.1, 0.15) is 13.8 Å². The standard InChI is InChI=1S/C12H15Cl2NO2/c1-12(2,7-13)11(16)15-9-6-8(14)4-5-10(9)17-3/h4-6H,7H2,1-3H3,(H,15,16). The van der Waals surface area contributed by atoms with E-state index in [1.807, 2.05) is 0 Å². The van der Waals surface area contributed by atoms with Crippen molar-refractivity contribution >= 4 is 34.8 Å². The molecule has 1 aromatic rings. The van der Waals surface area contributed by atoms with E-state index in [4.69, 9.17) is 27.9 Å². The molecule has 0 atom stereocenters. The molecule has 0 fully saturated rings. The van der Waals surface area contributed by atoms with Crippen LogP contribution in [0.5, 0.6) is 5.75 Å². The van der Waals surface area contributed by atoms with Crippen molar-refractivity contribution in [1.82, 2.24) is 0 Å². The highest BCUT2D eigenvalue weighted by molar-refractivity contribution is 6.31. The second-order valence-corrected chi connectivity index (χ2v) is 5.02. The normalized spacial score (nSPS) is 11.1. The molecule has 94 valence electrons. The van der Waals surface area contributed by atoms with Crippen molar-refractivity contribution in [2.45, 2.75) is 13.8 Å². The maximum atomic E-state index is 12.0. The summed E-state index contributed by atoms with van der Waals surface area (Å²) in [5.41, 5.74) is -0.0993. The summed E-state index contributed by atoms with van der Waals surface area (Å²) < 4.78 is 5.14. The van der Waals surface area contributed by atoms with Crippen LogP contribution in [0, 0.1) is 5.41 Å². The maximum Gasteiger partial charge on any atom is 0.231 e. The van der Waals surface area contributed by atoms with E-state index in [9.17, 15) is 4.79 Å². The second-order valence-electron chi connectivity index (χ2n) is 4.32. The van der Waals surface area contributed by atoms with Gasteiger partial charge in [0.15, 0.2) is 0 Å². The van der Waals surface area contributed by atoms with E-state index in [1.54, 1.807) is 32.0 Å². The molecule has 0 saturated carbocycles. The van der Waals surface area contributed by atoms with E-state index < -0.39 is 5.41 Å². The number of carbonyl (C=O) groups is 1. The van der Waals surface area contributed by atoms with Gasteiger partial charge in [-0.3, -0.25) is 4.79 Å². The van der Waals surface area contributed by atoms with E-state index >= 15 is 0 Å². The van der Waals surface area contributed by atoms with Gasteiger partial charge in [-0.1, -0.05) is 11.6 Å². The minimum Gasteiger partial charge on any atom is -0.495 e. The lowest BCUT2D eigenvalue weighted by Gasteiger charge is -2.21. The van der Waals surface area contributed by atoms with Gasteiger partial charge in [0, 0.05) is 10.9 Å². The molecule has 17 heavy (non-hydrogen) atoms. The van der Waals surface area contributed by atoms with Gasteiger partial charge in [0.1, 0.15) is 5.75 Å². The average molecular weight is 276 g/mol. The highest BCUT2D eigenvalue weighted by Crippen LogP contribution is 2.29. The highest BCUT2D eigenvalue weighted by Gasteiger charge is 2.27. The van der Waals surface area contributed by atoms with Gasteiger partial charge < -0.3 is 10.1 Å². The molecule has 5 heteroatoms. The second kappa shape index (κ2) is 5.61. The van der Waals surface area contributed by atoms with Crippen molar-refractivity contribution in [3.8, 4) is 5.75 Å². The van der Waals surface area contributed by atoms with Crippen molar-refractivity contribution < 1.29 is 9.53 Å². The van der Waals surface area contributed by atoms with Crippen LogP contribution < -0.4 is 10.1 Å². The summed E-state index contributed by atoms with van der Waals surface area (Å²) in [6.07, 6.45) is 0. The SMILES string of the molecule is COc1ccc(Cl)cc1NC(=O)C(C)(C)CCl. The minimum atomic E-state index is -0.644. The van der Waals surface area contributed by atoms with Crippen molar-refractivity contribution in [2.24, 2.45) is 5.41 Å².